The number of rotatable bonds is 1. The number of benzene rings is 1. The summed E-state index contributed by atoms with van der Waals surface area (Å²) in [6, 6.07) is 3.31. The third-order valence-corrected chi connectivity index (χ3v) is 3.16. The molecule has 0 saturated heterocycles. The lowest BCUT2D eigenvalue weighted by atomic mass is 10.1. The van der Waals surface area contributed by atoms with Crippen LogP contribution >= 0.6 is 23.2 Å². The van der Waals surface area contributed by atoms with Gasteiger partial charge in [-0.3, -0.25) is 10.1 Å². The Morgan fingerprint density at radius 1 is 1.44 bits per heavy atom. The number of carbonyl (C=O) groups is 1. The molecule has 1 aliphatic heterocycles. The molecule has 96 valence electrons. The topological polar surface area (TPSA) is 94.0 Å². The smallest absolute Gasteiger partial charge is 0.283 e. The van der Waals surface area contributed by atoms with Crippen LogP contribution in [0.2, 0.25) is 10.0 Å². The second-order valence-corrected chi connectivity index (χ2v) is 4.33. The normalized spacial score (nSPS) is 13.7. The van der Waals surface area contributed by atoms with Crippen molar-refractivity contribution in [2.24, 2.45) is 4.99 Å². The number of aliphatic hydroxyl groups is 2. The Balaban J connectivity index is 2.17. The number of carbonyl (C=O) groups excluding carboxylic acids is 1. The quantitative estimate of drug-likeness (QED) is 0.573. The van der Waals surface area contributed by atoms with E-state index in [-0.39, 0.29) is 12.5 Å². The minimum absolute atomic E-state index is 0.124. The van der Waals surface area contributed by atoms with E-state index in [4.69, 9.17) is 33.4 Å². The SMILES string of the molecule is O=C(NC1=NCc2c(ccc(Cl)c2Cl)N1)C(O)O. The summed E-state index contributed by atoms with van der Waals surface area (Å²) in [5.41, 5.74) is 1.37. The van der Waals surface area contributed by atoms with Crippen LogP contribution in [0, 0.1) is 0 Å². The predicted molar refractivity (Wildman–Crippen MR) is 67.6 cm³/mol. The molecule has 0 unspecified atom stereocenters. The van der Waals surface area contributed by atoms with E-state index in [0.717, 1.165) is 0 Å². The number of guanidine groups is 1. The average Bonchev–Trinajstić information content (AvgIpc) is 2.34. The molecule has 4 N–H and O–H groups in total. The summed E-state index contributed by atoms with van der Waals surface area (Å²) in [5.74, 6) is -0.844. The number of amides is 1. The van der Waals surface area contributed by atoms with E-state index in [2.05, 4.69) is 15.6 Å². The van der Waals surface area contributed by atoms with Crippen molar-refractivity contribution in [1.82, 2.24) is 5.32 Å². The largest absolute Gasteiger partial charge is 0.361 e. The van der Waals surface area contributed by atoms with Gasteiger partial charge >= 0.3 is 0 Å². The molecule has 1 aliphatic rings. The molecule has 0 aliphatic carbocycles. The fourth-order valence-electron chi connectivity index (χ4n) is 1.44. The van der Waals surface area contributed by atoms with Gasteiger partial charge in [-0.15, -0.1) is 0 Å². The first-order valence-electron chi connectivity index (χ1n) is 4.94. The van der Waals surface area contributed by atoms with Crippen LogP contribution in [0.3, 0.4) is 0 Å². The van der Waals surface area contributed by atoms with Crippen molar-refractivity contribution >= 4 is 40.8 Å². The zero-order valence-electron chi connectivity index (χ0n) is 8.94. The minimum atomic E-state index is -2.09. The van der Waals surface area contributed by atoms with Crippen LogP contribution in [-0.4, -0.2) is 28.4 Å². The van der Waals surface area contributed by atoms with Crippen molar-refractivity contribution in [1.29, 1.82) is 0 Å². The average molecular weight is 290 g/mol. The summed E-state index contributed by atoms with van der Waals surface area (Å²) in [4.78, 5) is 15.1. The van der Waals surface area contributed by atoms with E-state index in [1.165, 1.54) is 0 Å². The van der Waals surface area contributed by atoms with Gasteiger partial charge in [-0.2, -0.15) is 0 Å². The highest BCUT2D eigenvalue weighted by Crippen LogP contribution is 2.33. The van der Waals surface area contributed by atoms with E-state index >= 15 is 0 Å². The summed E-state index contributed by atoms with van der Waals surface area (Å²) in [7, 11) is 0. The Hall–Kier alpha value is -1.34. The van der Waals surface area contributed by atoms with Gasteiger partial charge in [0.2, 0.25) is 12.2 Å². The number of anilines is 1. The van der Waals surface area contributed by atoms with Crippen molar-refractivity contribution in [3.63, 3.8) is 0 Å². The van der Waals surface area contributed by atoms with Gasteiger partial charge in [-0.05, 0) is 12.1 Å². The second kappa shape index (κ2) is 5.11. The molecule has 1 aromatic rings. The highest BCUT2D eigenvalue weighted by Gasteiger charge is 2.19. The van der Waals surface area contributed by atoms with Gasteiger partial charge in [0.1, 0.15) is 0 Å². The van der Waals surface area contributed by atoms with E-state index in [0.29, 0.717) is 21.3 Å². The molecular formula is C10H9Cl2N3O3. The van der Waals surface area contributed by atoms with Crippen molar-refractivity contribution < 1.29 is 15.0 Å². The number of aliphatic hydroxyl groups excluding tert-OH is 1. The fourth-order valence-corrected chi connectivity index (χ4v) is 1.84. The summed E-state index contributed by atoms with van der Waals surface area (Å²) < 4.78 is 0. The molecule has 1 amide bonds. The molecule has 0 saturated carbocycles. The van der Waals surface area contributed by atoms with Gasteiger partial charge in [0.15, 0.2) is 0 Å². The third-order valence-electron chi connectivity index (χ3n) is 2.32. The number of aliphatic imine (C=N–C) groups is 1. The predicted octanol–water partition coefficient (Wildman–Crippen LogP) is 0.702. The molecule has 0 aromatic heterocycles. The van der Waals surface area contributed by atoms with Crippen molar-refractivity contribution in [2.75, 3.05) is 5.32 Å². The first-order valence-corrected chi connectivity index (χ1v) is 5.70. The molecular weight excluding hydrogens is 281 g/mol. The highest BCUT2D eigenvalue weighted by atomic mass is 35.5. The maximum atomic E-state index is 11.1. The Morgan fingerprint density at radius 2 is 2.17 bits per heavy atom. The Labute approximate surface area is 112 Å². The molecule has 8 heteroatoms. The van der Waals surface area contributed by atoms with Crippen LogP contribution in [0.15, 0.2) is 17.1 Å². The van der Waals surface area contributed by atoms with Crippen molar-refractivity contribution in [3.8, 4) is 0 Å². The van der Waals surface area contributed by atoms with E-state index < -0.39 is 12.2 Å². The first-order chi connectivity index (χ1) is 8.49. The van der Waals surface area contributed by atoms with Crippen LogP contribution in [-0.2, 0) is 11.3 Å². The third kappa shape index (κ3) is 2.56. The van der Waals surface area contributed by atoms with Gasteiger partial charge in [0.25, 0.3) is 5.91 Å². The van der Waals surface area contributed by atoms with Gasteiger partial charge in [0, 0.05) is 11.3 Å². The first kappa shape index (κ1) is 13.1. The fraction of sp³-hybridized carbons (Fsp3) is 0.200. The molecule has 18 heavy (non-hydrogen) atoms. The lowest BCUT2D eigenvalue weighted by Crippen LogP contribution is -2.43. The van der Waals surface area contributed by atoms with Crippen LogP contribution in [0.5, 0.6) is 0 Å². The molecule has 1 aromatic carbocycles. The summed E-state index contributed by atoms with van der Waals surface area (Å²) in [5, 5.41) is 23.1. The maximum Gasteiger partial charge on any atom is 0.283 e. The van der Waals surface area contributed by atoms with Crippen LogP contribution in [0.25, 0.3) is 0 Å². The monoisotopic (exact) mass is 289 g/mol. The molecule has 1 heterocycles. The standard InChI is InChI=1S/C10H9Cl2N3O3/c11-5-1-2-6-4(7(5)12)3-13-10(14-6)15-8(16)9(17)18/h1-2,9,17-18H,3H2,(H2,13,14,15,16). The number of hydrogen-bond acceptors (Lipinski definition) is 5. The molecule has 0 atom stereocenters. The molecule has 0 spiro atoms. The molecule has 0 fully saturated rings. The molecule has 2 rings (SSSR count). The van der Waals surface area contributed by atoms with Crippen LogP contribution < -0.4 is 10.6 Å². The lowest BCUT2D eigenvalue weighted by molar-refractivity contribution is -0.145. The van der Waals surface area contributed by atoms with E-state index in [1.54, 1.807) is 12.1 Å². The zero-order valence-corrected chi connectivity index (χ0v) is 10.5. The number of halogens is 2. The summed E-state index contributed by atoms with van der Waals surface area (Å²) >= 11 is 11.9. The van der Waals surface area contributed by atoms with E-state index in [9.17, 15) is 4.79 Å². The molecule has 0 bridgehead atoms. The lowest BCUT2D eigenvalue weighted by Gasteiger charge is -2.20. The van der Waals surface area contributed by atoms with Gasteiger partial charge in [0.05, 0.1) is 16.6 Å². The maximum absolute atomic E-state index is 11.1. The van der Waals surface area contributed by atoms with Crippen molar-refractivity contribution in [3.05, 3.63) is 27.7 Å². The van der Waals surface area contributed by atoms with Crippen molar-refractivity contribution in [2.45, 2.75) is 12.8 Å². The van der Waals surface area contributed by atoms with Crippen LogP contribution in [0.1, 0.15) is 5.56 Å². The number of fused-ring (bicyclic) bond motifs is 1. The Kier molecular flexibility index (Phi) is 3.72. The molecule has 6 nitrogen and oxygen atoms in total. The highest BCUT2D eigenvalue weighted by molar-refractivity contribution is 6.42. The summed E-state index contributed by atoms with van der Waals surface area (Å²) in [6.07, 6.45) is -2.09. The van der Waals surface area contributed by atoms with E-state index in [1.807, 2.05) is 0 Å². The van der Waals surface area contributed by atoms with Gasteiger partial charge in [-0.25, -0.2) is 4.99 Å². The zero-order chi connectivity index (χ0) is 13.3. The minimum Gasteiger partial charge on any atom is -0.361 e. The summed E-state index contributed by atoms with van der Waals surface area (Å²) in [6.45, 7) is 0.235. The van der Waals surface area contributed by atoms with Gasteiger partial charge < -0.3 is 15.5 Å². The Bertz CT molecular complexity index is 531. The van der Waals surface area contributed by atoms with Crippen LogP contribution in [0.4, 0.5) is 5.69 Å². The number of hydrogen-bond donors (Lipinski definition) is 4. The molecule has 0 radical (unpaired) electrons. The second-order valence-electron chi connectivity index (χ2n) is 3.54. The Morgan fingerprint density at radius 3 is 2.83 bits per heavy atom. The number of nitrogens with zero attached hydrogens (tertiary/aromatic N) is 1. The van der Waals surface area contributed by atoms with Gasteiger partial charge in [-0.1, -0.05) is 23.2 Å². The number of nitrogens with one attached hydrogen (secondary N) is 2.